The number of benzene rings is 2. The molecule has 0 fully saturated rings. The van der Waals surface area contributed by atoms with Crippen LogP contribution < -0.4 is 14.8 Å². The number of esters is 1. The third kappa shape index (κ3) is 6.81. The maximum Gasteiger partial charge on any atom is 0.310 e. The van der Waals surface area contributed by atoms with E-state index < -0.39 is 5.97 Å². The summed E-state index contributed by atoms with van der Waals surface area (Å²) in [6.45, 7) is 4.45. The van der Waals surface area contributed by atoms with Crippen molar-refractivity contribution in [1.29, 1.82) is 0 Å². The predicted octanol–water partition coefficient (Wildman–Crippen LogP) is 3.93. The first-order valence-electron chi connectivity index (χ1n) is 9.03. The molecule has 0 saturated carbocycles. The van der Waals surface area contributed by atoms with Gasteiger partial charge < -0.3 is 19.5 Å². The van der Waals surface area contributed by atoms with Gasteiger partial charge in [0, 0.05) is 10.6 Å². The minimum atomic E-state index is -0.486. The summed E-state index contributed by atoms with van der Waals surface area (Å²) in [6, 6.07) is 12.8. The quantitative estimate of drug-likeness (QED) is 0.479. The van der Waals surface area contributed by atoms with E-state index in [2.05, 4.69) is 5.32 Å². The molecule has 0 saturated heterocycles. The molecule has 7 heteroatoms. The largest absolute Gasteiger partial charge is 0.490 e. The second-order valence-electron chi connectivity index (χ2n) is 5.76. The molecule has 6 nitrogen and oxygen atoms in total. The van der Waals surface area contributed by atoms with E-state index in [-0.39, 0.29) is 18.9 Å². The lowest BCUT2D eigenvalue weighted by Gasteiger charge is -2.12. The summed E-state index contributed by atoms with van der Waals surface area (Å²) in [4.78, 5) is 25.1. The Morgan fingerprint density at radius 2 is 1.75 bits per heavy atom. The van der Waals surface area contributed by atoms with Crippen LogP contribution in [0.15, 0.2) is 47.4 Å². The van der Waals surface area contributed by atoms with Crippen molar-refractivity contribution >= 4 is 29.3 Å². The molecule has 0 atom stereocenters. The molecular weight excluding hydrogens is 378 g/mol. The summed E-state index contributed by atoms with van der Waals surface area (Å²) in [7, 11) is 0. The number of thioether (sulfide) groups is 1. The van der Waals surface area contributed by atoms with E-state index >= 15 is 0 Å². The minimum absolute atomic E-state index is 0.0434. The van der Waals surface area contributed by atoms with Gasteiger partial charge in [-0.25, -0.2) is 0 Å². The highest BCUT2D eigenvalue weighted by molar-refractivity contribution is 7.98. The van der Waals surface area contributed by atoms with Crippen LogP contribution >= 0.6 is 11.8 Å². The molecule has 0 spiro atoms. The molecule has 0 radical (unpaired) electrons. The standard InChI is InChI=1S/C21H25NO5S/c1-4-25-18-10-9-15(11-19(18)26-5-2)12-21(24)27-14-20(23)22-16-7-6-8-17(13-16)28-3/h6-11,13H,4-5,12,14H2,1-3H3,(H,22,23). The van der Waals surface area contributed by atoms with Crippen molar-refractivity contribution in [2.45, 2.75) is 25.2 Å². The van der Waals surface area contributed by atoms with Crippen LogP contribution in [0.3, 0.4) is 0 Å². The molecular formula is C21H25NO5S. The zero-order chi connectivity index (χ0) is 20.4. The highest BCUT2D eigenvalue weighted by atomic mass is 32.2. The lowest BCUT2D eigenvalue weighted by Crippen LogP contribution is -2.21. The van der Waals surface area contributed by atoms with Crippen molar-refractivity contribution in [3.8, 4) is 11.5 Å². The first-order valence-corrected chi connectivity index (χ1v) is 10.3. The van der Waals surface area contributed by atoms with Crippen LogP contribution in [0.1, 0.15) is 19.4 Å². The molecule has 0 aliphatic heterocycles. The van der Waals surface area contributed by atoms with E-state index in [9.17, 15) is 9.59 Å². The fourth-order valence-electron chi connectivity index (χ4n) is 2.47. The molecule has 2 aromatic rings. The van der Waals surface area contributed by atoms with Crippen LogP contribution in [0.4, 0.5) is 5.69 Å². The van der Waals surface area contributed by atoms with Crippen molar-refractivity contribution in [1.82, 2.24) is 0 Å². The van der Waals surface area contributed by atoms with Crippen LogP contribution in [0.2, 0.25) is 0 Å². The molecule has 0 aromatic heterocycles. The molecule has 0 aliphatic rings. The first kappa shape index (κ1) is 21.6. The van der Waals surface area contributed by atoms with E-state index in [1.165, 1.54) is 0 Å². The third-order valence-corrected chi connectivity index (χ3v) is 4.40. The van der Waals surface area contributed by atoms with Crippen LogP contribution in [-0.2, 0) is 20.7 Å². The Labute approximate surface area is 169 Å². The summed E-state index contributed by atoms with van der Waals surface area (Å²) in [6.07, 6.45) is 2.00. The molecule has 1 amide bonds. The summed E-state index contributed by atoms with van der Waals surface area (Å²) in [5.41, 5.74) is 1.39. The van der Waals surface area contributed by atoms with Gasteiger partial charge in [-0.05, 0) is 56.0 Å². The molecule has 0 aliphatic carbocycles. The molecule has 150 valence electrons. The number of nitrogens with one attached hydrogen (secondary N) is 1. The van der Waals surface area contributed by atoms with Gasteiger partial charge in [0.05, 0.1) is 19.6 Å². The van der Waals surface area contributed by atoms with Crippen LogP contribution in [0, 0.1) is 0 Å². The van der Waals surface area contributed by atoms with E-state index in [0.717, 1.165) is 10.5 Å². The van der Waals surface area contributed by atoms with E-state index in [1.807, 2.05) is 38.3 Å². The zero-order valence-corrected chi connectivity index (χ0v) is 17.1. The molecule has 2 rings (SSSR count). The fraction of sp³-hybridized carbons (Fsp3) is 0.333. The smallest absolute Gasteiger partial charge is 0.310 e. The summed E-state index contributed by atoms with van der Waals surface area (Å²) in [5.74, 6) is 0.349. The second-order valence-corrected chi connectivity index (χ2v) is 6.64. The minimum Gasteiger partial charge on any atom is -0.490 e. The topological polar surface area (TPSA) is 73.9 Å². The van der Waals surface area contributed by atoms with Gasteiger partial charge in [0.1, 0.15) is 0 Å². The number of ether oxygens (including phenoxy) is 3. The molecule has 1 N–H and O–H groups in total. The van der Waals surface area contributed by atoms with Crippen molar-refractivity contribution in [3.63, 3.8) is 0 Å². The second kappa shape index (κ2) is 11.2. The maximum atomic E-state index is 12.1. The Bertz CT molecular complexity index is 809. The SMILES string of the molecule is CCOc1ccc(CC(=O)OCC(=O)Nc2cccc(SC)c2)cc1OCC. The Balaban J connectivity index is 1.87. The number of carbonyl (C=O) groups excluding carboxylic acids is 2. The summed E-state index contributed by atoms with van der Waals surface area (Å²) in [5, 5.41) is 2.72. The Morgan fingerprint density at radius 3 is 2.46 bits per heavy atom. The molecule has 0 heterocycles. The number of amides is 1. The monoisotopic (exact) mass is 403 g/mol. The van der Waals surface area contributed by atoms with E-state index in [1.54, 1.807) is 36.0 Å². The first-order chi connectivity index (χ1) is 13.5. The Hall–Kier alpha value is -2.67. The van der Waals surface area contributed by atoms with E-state index in [0.29, 0.717) is 30.4 Å². The molecule has 0 bridgehead atoms. The number of anilines is 1. The van der Waals surface area contributed by atoms with Gasteiger partial charge in [-0.2, -0.15) is 0 Å². The number of hydrogen-bond acceptors (Lipinski definition) is 6. The van der Waals surface area contributed by atoms with Crippen molar-refractivity contribution in [3.05, 3.63) is 48.0 Å². The molecule has 28 heavy (non-hydrogen) atoms. The van der Waals surface area contributed by atoms with Crippen molar-refractivity contribution < 1.29 is 23.8 Å². The predicted molar refractivity (Wildman–Crippen MR) is 110 cm³/mol. The van der Waals surface area contributed by atoms with Gasteiger partial charge in [-0.1, -0.05) is 12.1 Å². The van der Waals surface area contributed by atoms with Gasteiger partial charge in [0.2, 0.25) is 0 Å². The lowest BCUT2D eigenvalue weighted by atomic mass is 10.1. The fourth-order valence-corrected chi connectivity index (χ4v) is 2.93. The number of carbonyl (C=O) groups is 2. The van der Waals surface area contributed by atoms with Gasteiger partial charge in [0.15, 0.2) is 18.1 Å². The molecule has 2 aromatic carbocycles. The Morgan fingerprint density at radius 1 is 1.00 bits per heavy atom. The highest BCUT2D eigenvalue weighted by Crippen LogP contribution is 2.28. The highest BCUT2D eigenvalue weighted by Gasteiger charge is 2.12. The van der Waals surface area contributed by atoms with Crippen molar-refractivity contribution in [2.24, 2.45) is 0 Å². The number of rotatable bonds is 10. The van der Waals surface area contributed by atoms with Gasteiger partial charge >= 0.3 is 5.97 Å². The van der Waals surface area contributed by atoms with Crippen LogP contribution in [0.25, 0.3) is 0 Å². The van der Waals surface area contributed by atoms with Crippen LogP contribution in [0.5, 0.6) is 11.5 Å². The lowest BCUT2D eigenvalue weighted by molar-refractivity contribution is -0.146. The average Bonchev–Trinajstić information content (AvgIpc) is 2.69. The van der Waals surface area contributed by atoms with E-state index in [4.69, 9.17) is 14.2 Å². The normalized spacial score (nSPS) is 10.2. The zero-order valence-electron chi connectivity index (χ0n) is 16.3. The van der Waals surface area contributed by atoms with Gasteiger partial charge in [0.25, 0.3) is 5.91 Å². The van der Waals surface area contributed by atoms with Crippen molar-refractivity contribution in [2.75, 3.05) is 31.4 Å². The Kier molecular flexibility index (Phi) is 8.68. The average molecular weight is 404 g/mol. The summed E-state index contributed by atoms with van der Waals surface area (Å²) < 4.78 is 16.1. The molecule has 0 unspecified atom stereocenters. The van der Waals surface area contributed by atoms with Crippen LogP contribution in [-0.4, -0.2) is 38.0 Å². The van der Waals surface area contributed by atoms with Gasteiger partial charge in [-0.3, -0.25) is 9.59 Å². The third-order valence-electron chi connectivity index (χ3n) is 3.67. The van der Waals surface area contributed by atoms with Gasteiger partial charge in [-0.15, -0.1) is 11.8 Å². The maximum absolute atomic E-state index is 12.1. The number of hydrogen-bond donors (Lipinski definition) is 1. The summed E-state index contributed by atoms with van der Waals surface area (Å²) >= 11 is 1.58.